The van der Waals surface area contributed by atoms with Crippen molar-refractivity contribution in [1.29, 1.82) is 5.26 Å². The van der Waals surface area contributed by atoms with Crippen molar-refractivity contribution in [2.75, 3.05) is 6.61 Å². The van der Waals surface area contributed by atoms with Gasteiger partial charge in [0.1, 0.15) is 0 Å². The van der Waals surface area contributed by atoms with Crippen molar-refractivity contribution < 1.29 is 5.11 Å². The molecule has 1 unspecified atom stereocenters. The summed E-state index contributed by atoms with van der Waals surface area (Å²) in [4.78, 5) is 0. The number of unbranched alkanes of at least 4 members (excludes halogenated alkanes) is 3. The first-order valence-electron chi connectivity index (χ1n) is 4.29. The Hall–Kier alpha value is -0.550. The quantitative estimate of drug-likeness (QED) is 0.542. The van der Waals surface area contributed by atoms with E-state index in [1.54, 1.807) is 0 Å². The molecule has 0 heterocycles. The normalized spacial score (nSPS) is 12.5. The molecule has 63 valence electrons. The smallest absolute Gasteiger partial charge is 0.0822 e. The summed E-state index contributed by atoms with van der Waals surface area (Å²) in [5, 5.41) is 18.5. The van der Waals surface area contributed by atoms with Gasteiger partial charge in [0.2, 0.25) is 0 Å². The van der Waals surface area contributed by atoms with Crippen LogP contribution in [0.2, 0.25) is 0 Å². The molecule has 1 radical (unpaired) electrons. The van der Waals surface area contributed by atoms with Gasteiger partial charge in [-0.05, 0) is 19.8 Å². The Morgan fingerprint density at radius 1 is 1.27 bits per heavy atom. The number of hydrogen-bond acceptors (Lipinski definition) is 1. The SMILES string of the molecule is CC(C#N)CCCCCC[O]. The maximum Gasteiger partial charge on any atom is 0.0822 e. The molecule has 0 aliphatic rings. The second-order valence-corrected chi connectivity index (χ2v) is 2.94. The van der Waals surface area contributed by atoms with Gasteiger partial charge in [0, 0.05) is 5.92 Å². The molecule has 0 spiro atoms. The molecule has 0 amide bonds. The van der Waals surface area contributed by atoms with E-state index in [1.807, 2.05) is 6.92 Å². The fourth-order valence-corrected chi connectivity index (χ4v) is 0.971. The Balaban J connectivity index is 2.97. The Morgan fingerprint density at radius 3 is 2.45 bits per heavy atom. The molecule has 0 aromatic carbocycles. The number of nitriles is 1. The van der Waals surface area contributed by atoms with E-state index in [2.05, 4.69) is 6.07 Å². The lowest BCUT2D eigenvalue weighted by Crippen LogP contribution is -1.90. The predicted molar refractivity (Wildman–Crippen MR) is 43.4 cm³/mol. The molecule has 0 saturated carbocycles. The Bertz CT molecular complexity index is 117. The van der Waals surface area contributed by atoms with E-state index in [-0.39, 0.29) is 12.5 Å². The van der Waals surface area contributed by atoms with Crippen LogP contribution in [0.25, 0.3) is 0 Å². The Morgan fingerprint density at radius 2 is 1.91 bits per heavy atom. The molecule has 0 aromatic heterocycles. The first-order chi connectivity index (χ1) is 5.31. The Labute approximate surface area is 68.8 Å². The van der Waals surface area contributed by atoms with Gasteiger partial charge >= 0.3 is 0 Å². The van der Waals surface area contributed by atoms with E-state index >= 15 is 0 Å². The molecule has 0 fully saturated rings. The molecule has 11 heavy (non-hydrogen) atoms. The van der Waals surface area contributed by atoms with Gasteiger partial charge in [-0.25, -0.2) is 5.11 Å². The lowest BCUT2D eigenvalue weighted by atomic mass is 10.0. The molecule has 2 heteroatoms. The minimum absolute atomic E-state index is 0.0494. The maximum absolute atomic E-state index is 10.0. The van der Waals surface area contributed by atoms with Crippen LogP contribution in [0.5, 0.6) is 0 Å². The van der Waals surface area contributed by atoms with E-state index in [0.717, 1.165) is 32.1 Å². The van der Waals surface area contributed by atoms with E-state index in [1.165, 1.54) is 0 Å². The molecular formula is C9H16NO. The second-order valence-electron chi connectivity index (χ2n) is 2.94. The van der Waals surface area contributed by atoms with Crippen LogP contribution in [0.4, 0.5) is 0 Å². The van der Waals surface area contributed by atoms with Gasteiger partial charge in [-0.1, -0.05) is 19.3 Å². The number of nitrogens with zero attached hydrogens (tertiary/aromatic N) is 1. The van der Waals surface area contributed by atoms with E-state index in [9.17, 15) is 5.11 Å². The highest BCUT2D eigenvalue weighted by Crippen LogP contribution is 2.08. The zero-order chi connectivity index (χ0) is 8.53. The van der Waals surface area contributed by atoms with Crippen LogP contribution >= 0.6 is 0 Å². The molecule has 0 N–H and O–H groups in total. The van der Waals surface area contributed by atoms with Crippen LogP contribution in [0.1, 0.15) is 39.0 Å². The van der Waals surface area contributed by atoms with Crippen LogP contribution in [0.3, 0.4) is 0 Å². The van der Waals surface area contributed by atoms with E-state index in [4.69, 9.17) is 5.26 Å². The molecule has 0 aromatic rings. The monoisotopic (exact) mass is 154 g/mol. The number of rotatable bonds is 6. The highest BCUT2D eigenvalue weighted by atomic mass is 16.2. The van der Waals surface area contributed by atoms with Gasteiger partial charge in [-0.3, -0.25) is 0 Å². The first-order valence-corrected chi connectivity index (χ1v) is 4.29. The van der Waals surface area contributed by atoms with Crippen LogP contribution in [-0.2, 0) is 5.11 Å². The zero-order valence-electron chi connectivity index (χ0n) is 7.18. The van der Waals surface area contributed by atoms with Crippen molar-refractivity contribution >= 4 is 0 Å². The molecule has 0 saturated heterocycles. The summed E-state index contributed by atoms with van der Waals surface area (Å²) in [6, 6.07) is 2.19. The summed E-state index contributed by atoms with van der Waals surface area (Å²) in [5.74, 6) is 0.183. The van der Waals surface area contributed by atoms with Crippen molar-refractivity contribution in [1.82, 2.24) is 0 Å². The molecule has 0 aliphatic carbocycles. The van der Waals surface area contributed by atoms with Gasteiger partial charge in [0.15, 0.2) is 0 Å². The molecule has 0 bridgehead atoms. The fourth-order valence-electron chi connectivity index (χ4n) is 0.971. The summed E-state index contributed by atoms with van der Waals surface area (Å²) in [6.07, 6.45) is 5.00. The Kier molecular flexibility index (Phi) is 7.18. The lowest BCUT2D eigenvalue weighted by Gasteiger charge is -2.00. The topological polar surface area (TPSA) is 43.7 Å². The first kappa shape index (κ1) is 10.4. The molecule has 0 aliphatic heterocycles. The molecule has 1 atom stereocenters. The summed E-state index contributed by atoms with van der Waals surface area (Å²) >= 11 is 0. The molecular weight excluding hydrogens is 138 g/mol. The largest absolute Gasteiger partial charge is 0.237 e. The highest BCUT2D eigenvalue weighted by Gasteiger charge is 1.97. The summed E-state index contributed by atoms with van der Waals surface area (Å²) in [5.41, 5.74) is 0. The third-order valence-electron chi connectivity index (χ3n) is 1.75. The van der Waals surface area contributed by atoms with Crippen LogP contribution in [0, 0.1) is 17.2 Å². The van der Waals surface area contributed by atoms with Crippen molar-refractivity contribution in [3.05, 3.63) is 0 Å². The summed E-state index contributed by atoms with van der Waals surface area (Å²) < 4.78 is 0. The fraction of sp³-hybridized carbons (Fsp3) is 0.889. The predicted octanol–water partition coefficient (Wildman–Crippen LogP) is 2.53. The van der Waals surface area contributed by atoms with Crippen molar-refractivity contribution in [3.63, 3.8) is 0 Å². The minimum atomic E-state index is 0.0494. The summed E-state index contributed by atoms with van der Waals surface area (Å²) in [6.45, 7) is 1.99. The van der Waals surface area contributed by atoms with Gasteiger partial charge < -0.3 is 0 Å². The van der Waals surface area contributed by atoms with E-state index < -0.39 is 0 Å². The standard InChI is InChI=1S/C9H16NO/c1-9(8-10)6-4-2-3-5-7-11/h9H,2-7H2,1H3. The van der Waals surface area contributed by atoms with Crippen LogP contribution in [-0.4, -0.2) is 6.61 Å². The molecule has 0 rings (SSSR count). The van der Waals surface area contributed by atoms with E-state index in [0.29, 0.717) is 0 Å². The van der Waals surface area contributed by atoms with Gasteiger partial charge in [-0.2, -0.15) is 5.26 Å². The van der Waals surface area contributed by atoms with Gasteiger partial charge in [0.05, 0.1) is 12.7 Å². The minimum Gasteiger partial charge on any atom is -0.237 e. The van der Waals surface area contributed by atoms with Crippen LogP contribution < -0.4 is 0 Å². The van der Waals surface area contributed by atoms with Crippen molar-refractivity contribution in [2.24, 2.45) is 5.92 Å². The van der Waals surface area contributed by atoms with Gasteiger partial charge in [0.25, 0.3) is 0 Å². The third-order valence-corrected chi connectivity index (χ3v) is 1.75. The third kappa shape index (κ3) is 7.35. The zero-order valence-corrected chi connectivity index (χ0v) is 7.18. The van der Waals surface area contributed by atoms with Crippen LogP contribution in [0.15, 0.2) is 0 Å². The van der Waals surface area contributed by atoms with Crippen molar-refractivity contribution in [2.45, 2.75) is 39.0 Å². The average molecular weight is 154 g/mol. The average Bonchev–Trinajstić information content (AvgIpc) is 2.04. The maximum atomic E-state index is 10.0. The summed E-state index contributed by atoms with van der Waals surface area (Å²) in [7, 11) is 0. The highest BCUT2D eigenvalue weighted by molar-refractivity contribution is 4.77. The number of hydrogen-bond donors (Lipinski definition) is 0. The second kappa shape index (κ2) is 7.56. The molecule has 2 nitrogen and oxygen atoms in total. The van der Waals surface area contributed by atoms with Crippen molar-refractivity contribution in [3.8, 4) is 6.07 Å². The van der Waals surface area contributed by atoms with Gasteiger partial charge in [-0.15, -0.1) is 0 Å². The lowest BCUT2D eigenvalue weighted by molar-refractivity contribution is 0.185.